The molecule has 0 radical (unpaired) electrons. The zero-order valence-electron chi connectivity index (χ0n) is 6.08. The third kappa shape index (κ3) is 1400. The second-order valence-corrected chi connectivity index (χ2v) is 1.34. The van der Waals surface area contributed by atoms with E-state index in [0.717, 1.165) is 0 Å². The summed E-state index contributed by atoms with van der Waals surface area (Å²) < 4.78 is 8.55. The van der Waals surface area contributed by atoms with Gasteiger partial charge in [-0.25, -0.2) is 0 Å². The smallest absolute Gasteiger partial charge is 0.822 e. The fourth-order valence-corrected chi connectivity index (χ4v) is 0. The second kappa shape index (κ2) is 29.7. The van der Waals surface area contributed by atoms with Crippen LogP contribution in [0, 0.1) is 0 Å². The molecule has 0 fully saturated rings. The van der Waals surface area contributed by atoms with Gasteiger partial charge in [-0.2, -0.15) is 7.82 Å². The van der Waals surface area contributed by atoms with Crippen LogP contribution in [0.4, 0.5) is 0 Å². The van der Waals surface area contributed by atoms with Crippen LogP contribution >= 0.6 is 7.82 Å². The molecule has 0 saturated carbocycles. The van der Waals surface area contributed by atoms with Gasteiger partial charge in [0.25, 0.3) is 0 Å². The molecule has 0 aliphatic carbocycles. The van der Waals surface area contributed by atoms with Crippen molar-refractivity contribution >= 4 is 7.82 Å². The molecule has 0 atom stereocenters. The number of hydrogen-bond acceptors (Lipinski definition) is 4. The van der Waals surface area contributed by atoms with E-state index in [1.807, 2.05) is 0 Å². The fraction of sp³-hybridized carbons (Fsp3) is 0. The topological polar surface area (TPSA) is 275 Å². The van der Waals surface area contributed by atoms with Gasteiger partial charge in [0.15, 0.2) is 0 Å². The normalized spacial score (nSPS) is 4.92. The van der Waals surface area contributed by atoms with Gasteiger partial charge >= 0.3 is 29.6 Å². The first-order valence-corrected chi connectivity index (χ1v) is 2.19. The van der Waals surface area contributed by atoms with Crippen LogP contribution in [0.1, 0.15) is 0 Å². The molecule has 0 aliphatic rings. The molecular weight excluding hydrogens is 214 g/mol. The molecule has 0 saturated heterocycles. The van der Waals surface area contributed by atoms with Crippen molar-refractivity contribution in [2.24, 2.45) is 0 Å². The van der Waals surface area contributed by atoms with E-state index in [-0.39, 0.29) is 62.4 Å². The molecule has 0 rings (SSSR count). The molecule has 12 heteroatoms. The standard InChI is InChI=1S/Na.H3O4P.6H2O/c;1-5(2,3)4;;;;;;/h;(H3,1,2,3,4);6*1H2/q+1;;;;;;;/p-3. The Balaban J connectivity index is -0.00000000381. The summed E-state index contributed by atoms with van der Waals surface area (Å²) in [6, 6.07) is 0. The average molecular weight is 226 g/mol. The molecule has 12 N–H and O–H groups in total. The van der Waals surface area contributed by atoms with Crippen LogP contribution in [0.2, 0.25) is 0 Å². The Morgan fingerprint density at radius 2 is 0.667 bits per heavy atom. The first-order valence-electron chi connectivity index (χ1n) is 0.730. The van der Waals surface area contributed by atoms with Crippen LogP contribution in [-0.4, -0.2) is 32.9 Å². The van der Waals surface area contributed by atoms with E-state index in [4.69, 9.17) is 19.2 Å². The summed E-state index contributed by atoms with van der Waals surface area (Å²) in [6.07, 6.45) is 0. The van der Waals surface area contributed by atoms with Crippen molar-refractivity contribution in [3.8, 4) is 0 Å². The predicted molar refractivity (Wildman–Crippen MR) is 29.3 cm³/mol. The summed E-state index contributed by atoms with van der Waals surface area (Å²) in [4.78, 5) is 25.6. The Morgan fingerprint density at radius 3 is 0.667 bits per heavy atom. The summed E-state index contributed by atoms with van der Waals surface area (Å²) in [5, 5.41) is 0. The molecule has 80 valence electrons. The van der Waals surface area contributed by atoms with Crippen LogP contribution in [0.25, 0.3) is 0 Å². The zero-order chi connectivity index (χ0) is 4.50. The maximum atomic E-state index is 8.55. The SMILES string of the molecule is O.O.O.O.O.O.O=P([O-])([O-])[O-].[Na+]. The van der Waals surface area contributed by atoms with E-state index in [1.165, 1.54) is 0 Å². The molecule has 0 aromatic carbocycles. The van der Waals surface area contributed by atoms with Gasteiger partial charge < -0.3 is 52.1 Å². The molecule has 0 heterocycles. The van der Waals surface area contributed by atoms with E-state index < -0.39 is 7.82 Å². The van der Waals surface area contributed by atoms with Gasteiger partial charge in [0, 0.05) is 0 Å². The third-order valence-electron chi connectivity index (χ3n) is 0. The second-order valence-electron chi connectivity index (χ2n) is 0.447. The molecule has 12 heavy (non-hydrogen) atoms. The van der Waals surface area contributed by atoms with E-state index in [2.05, 4.69) is 0 Å². The van der Waals surface area contributed by atoms with E-state index in [9.17, 15) is 0 Å². The van der Waals surface area contributed by atoms with Gasteiger partial charge in [-0.3, -0.25) is 0 Å². The monoisotopic (exact) mass is 226 g/mol. The van der Waals surface area contributed by atoms with Crippen molar-refractivity contribution in [1.29, 1.82) is 0 Å². The summed E-state index contributed by atoms with van der Waals surface area (Å²) in [5.41, 5.74) is 0. The summed E-state index contributed by atoms with van der Waals surface area (Å²) >= 11 is 0. The van der Waals surface area contributed by atoms with Gasteiger partial charge in [-0.1, -0.05) is 0 Å². The Bertz CT molecular complexity index is 56.0. The van der Waals surface area contributed by atoms with Gasteiger partial charge in [-0.15, -0.1) is 0 Å². The molecule has 0 bridgehead atoms. The zero-order valence-corrected chi connectivity index (χ0v) is 8.97. The summed E-state index contributed by atoms with van der Waals surface area (Å²) in [5.74, 6) is 0. The minimum absolute atomic E-state index is 0. The minimum Gasteiger partial charge on any atom is -0.822 e. The van der Waals surface area contributed by atoms with Crippen molar-refractivity contribution in [1.82, 2.24) is 0 Å². The first-order chi connectivity index (χ1) is 2.00. The molecule has 0 aromatic heterocycles. The van der Waals surface area contributed by atoms with Crippen molar-refractivity contribution in [3.05, 3.63) is 0 Å². The fourth-order valence-electron chi connectivity index (χ4n) is 0. The van der Waals surface area contributed by atoms with Crippen molar-refractivity contribution < 1.29 is 81.7 Å². The Labute approximate surface area is 89.6 Å². The number of rotatable bonds is 0. The quantitative estimate of drug-likeness (QED) is 0.286. The van der Waals surface area contributed by atoms with Crippen molar-refractivity contribution in [2.45, 2.75) is 0 Å². The van der Waals surface area contributed by atoms with E-state index >= 15 is 0 Å². The Hall–Kier alpha value is 0.870. The molecular formula is H12NaO10P-2. The largest absolute Gasteiger partial charge is 1.00 e. The van der Waals surface area contributed by atoms with Crippen LogP contribution < -0.4 is 44.2 Å². The average Bonchev–Trinajstić information content (AvgIpc) is 0.722. The molecule has 0 aliphatic heterocycles. The van der Waals surface area contributed by atoms with Crippen LogP contribution in [0.3, 0.4) is 0 Å². The molecule has 10 nitrogen and oxygen atoms in total. The van der Waals surface area contributed by atoms with Crippen LogP contribution in [0.15, 0.2) is 0 Å². The minimum atomic E-state index is -5.39. The summed E-state index contributed by atoms with van der Waals surface area (Å²) in [6.45, 7) is 0. The van der Waals surface area contributed by atoms with Gasteiger partial charge in [-0.05, 0) is 0 Å². The Morgan fingerprint density at radius 1 is 0.667 bits per heavy atom. The van der Waals surface area contributed by atoms with Gasteiger partial charge in [0.05, 0.1) is 0 Å². The molecule has 0 amide bonds. The summed E-state index contributed by atoms with van der Waals surface area (Å²) in [7, 11) is -5.39. The Kier molecular flexibility index (Phi) is 189. The number of hydrogen-bond donors (Lipinski definition) is 0. The maximum Gasteiger partial charge on any atom is 1.00 e. The van der Waals surface area contributed by atoms with E-state index in [0.29, 0.717) is 0 Å². The molecule has 0 aromatic rings. The first kappa shape index (κ1) is 76.5. The maximum absolute atomic E-state index is 8.55. The number of phosphoric acid groups is 1. The van der Waals surface area contributed by atoms with E-state index in [1.54, 1.807) is 0 Å². The van der Waals surface area contributed by atoms with Gasteiger partial charge in [0.1, 0.15) is 0 Å². The molecule has 0 spiro atoms. The van der Waals surface area contributed by atoms with Crippen molar-refractivity contribution in [2.75, 3.05) is 0 Å². The third-order valence-corrected chi connectivity index (χ3v) is 0. The van der Waals surface area contributed by atoms with Crippen LogP contribution in [-0.2, 0) is 4.57 Å². The van der Waals surface area contributed by atoms with Crippen LogP contribution in [0.5, 0.6) is 0 Å². The predicted octanol–water partition coefficient (Wildman–Crippen LogP) is -10.8. The van der Waals surface area contributed by atoms with Crippen molar-refractivity contribution in [3.63, 3.8) is 0 Å². The van der Waals surface area contributed by atoms with Gasteiger partial charge in [0.2, 0.25) is 0 Å². The molecule has 0 unspecified atom stereocenters.